The molecule has 158 valence electrons. The van der Waals surface area contributed by atoms with E-state index in [1.807, 2.05) is 4.90 Å². The monoisotopic (exact) mass is 413 g/mol. The van der Waals surface area contributed by atoms with E-state index in [-0.39, 0.29) is 17.3 Å². The van der Waals surface area contributed by atoms with Crippen molar-refractivity contribution in [1.29, 1.82) is 0 Å². The molecule has 2 aromatic rings. The van der Waals surface area contributed by atoms with Gasteiger partial charge in [0.15, 0.2) is 5.69 Å². The molecule has 0 atom stereocenters. The lowest BCUT2D eigenvalue weighted by Crippen LogP contribution is -2.52. The molecule has 1 aromatic heterocycles. The van der Waals surface area contributed by atoms with Crippen LogP contribution in [0, 0.1) is 12.7 Å². The number of carbonyl (C=O) groups excluding carboxylic acids is 2. The molecule has 1 saturated carbocycles. The highest BCUT2D eigenvalue weighted by Crippen LogP contribution is 2.18. The van der Waals surface area contributed by atoms with E-state index in [4.69, 9.17) is 0 Å². The van der Waals surface area contributed by atoms with Gasteiger partial charge >= 0.3 is 0 Å². The van der Waals surface area contributed by atoms with Gasteiger partial charge in [-0.05, 0) is 31.9 Å². The second-order valence-electron chi connectivity index (χ2n) is 7.77. The summed E-state index contributed by atoms with van der Waals surface area (Å²) in [4.78, 5) is 40.9. The summed E-state index contributed by atoms with van der Waals surface area (Å²) in [5, 5.41) is 7.13. The van der Waals surface area contributed by atoms with Crippen molar-refractivity contribution in [3.05, 3.63) is 57.8 Å². The van der Waals surface area contributed by atoms with Crippen LogP contribution in [0.15, 0.2) is 35.1 Å². The van der Waals surface area contributed by atoms with Gasteiger partial charge in [0.1, 0.15) is 11.5 Å². The van der Waals surface area contributed by atoms with Crippen molar-refractivity contribution >= 4 is 11.8 Å². The number of benzene rings is 1. The number of nitrogens with one attached hydrogen (secondary N) is 1. The van der Waals surface area contributed by atoms with E-state index >= 15 is 0 Å². The fourth-order valence-corrected chi connectivity index (χ4v) is 3.53. The molecule has 30 heavy (non-hydrogen) atoms. The lowest BCUT2D eigenvalue weighted by Gasteiger charge is -2.34. The number of hydrogen-bond donors (Lipinski definition) is 1. The van der Waals surface area contributed by atoms with E-state index in [0.717, 1.165) is 12.8 Å². The number of hydrogen-bond acceptors (Lipinski definition) is 5. The Morgan fingerprint density at radius 3 is 2.53 bits per heavy atom. The topological polar surface area (TPSA) is 87.5 Å². The Morgan fingerprint density at radius 2 is 1.87 bits per heavy atom. The Morgan fingerprint density at radius 1 is 1.17 bits per heavy atom. The molecule has 1 aliphatic heterocycles. The Labute approximate surface area is 173 Å². The molecule has 0 unspecified atom stereocenters. The molecule has 1 aliphatic carbocycles. The van der Waals surface area contributed by atoms with Crippen molar-refractivity contribution < 1.29 is 14.0 Å². The number of piperazine rings is 1. The largest absolute Gasteiger partial charge is 0.352 e. The van der Waals surface area contributed by atoms with Gasteiger partial charge in [-0.15, -0.1) is 0 Å². The predicted molar refractivity (Wildman–Crippen MR) is 108 cm³/mol. The molecule has 2 amide bonds. The second kappa shape index (κ2) is 8.35. The molecule has 2 heterocycles. The number of amides is 2. The summed E-state index contributed by atoms with van der Waals surface area (Å²) in [6.07, 6.45) is 2.09. The molecule has 1 N–H and O–H groups in total. The molecule has 9 heteroatoms. The molecule has 4 rings (SSSR count). The quantitative estimate of drug-likeness (QED) is 0.781. The highest BCUT2D eigenvalue weighted by Gasteiger charge is 2.28. The minimum Gasteiger partial charge on any atom is -0.352 e. The molecule has 2 fully saturated rings. The van der Waals surface area contributed by atoms with Crippen molar-refractivity contribution in [2.45, 2.75) is 25.8 Å². The van der Waals surface area contributed by atoms with Gasteiger partial charge < -0.3 is 10.2 Å². The highest BCUT2D eigenvalue weighted by atomic mass is 19.1. The van der Waals surface area contributed by atoms with Gasteiger partial charge in [-0.2, -0.15) is 5.10 Å². The minimum absolute atomic E-state index is 0.00486. The smallest absolute Gasteiger partial charge is 0.278 e. The zero-order valence-electron chi connectivity index (χ0n) is 16.8. The summed E-state index contributed by atoms with van der Waals surface area (Å²) in [5.41, 5.74) is -0.108. The van der Waals surface area contributed by atoms with E-state index in [9.17, 15) is 18.8 Å². The van der Waals surface area contributed by atoms with E-state index in [1.165, 1.54) is 16.8 Å². The number of aryl methyl sites for hydroxylation is 1. The van der Waals surface area contributed by atoms with Crippen molar-refractivity contribution in [2.24, 2.45) is 0 Å². The lowest BCUT2D eigenvalue weighted by atomic mass is 10.2. The average molecular weight is 413 g/mol. The zero-order valence-corrected chi connectivity index (χ0v) is 16.8. The number of para-hydroxylation sites is 1. The molecule has 0 spiro atoms. The van der Waals surface area contributed by atoms with Crippen LogP contribution in [0.2, 0.25) is 0 Å². The SMILES string of the molecule is Cc1cc(=O)c(C(=O)N2CCN(CC(=O)NC3CC3)CC2)nn1-c1ccccc1F. The zero-order chi connectivity index (χ0) is 21.3. The molecular weight excluding hydrogens is 389 g/mol. The molecule has 8 nitrogen and oxygen atoms in total. The average Bonchev–Trinajstić information content (AvgIpc) is 3.53. The van der Waals surface area contributed by atoms with Crippen LogP contribution in [-0.4, -0.2) is 70.2 Å². The first-order valence-electron chi connectivity index (χ1n) is 10.1. The van der Waals surface area contributed by atoms with E-state index in [0.29, 0.717) is 44.5 Å². The van der Waals surface area contributed by atoms with Crippen LogP contribution in [0.1, 0.15) is 29.0 Å². The van der Waals surface area contributed by atoms with Gasteiger partial charge in [0.2, 0.25) is 11.3 Å². The first-order valence-corrected chi connectivity index (χ1v) is 10.1. The minimum atomic E-state index is -0.492. The maximum atomic E-state index is 14.2. The third-order valence-corrected chi connectivity index (χ3v) is 5.36. The number of carbonyl (C=O) groups is 2. The Hall–Kier alpha value is -3.07. The summed E-state index contributed by atoms with van der Waals surface area (Å²) in [5.74, 6) is -0.967. The summed E-state index contributed by atoms with van der Waals surface area (Å²) in [6.45, 7) is 3.81. The summed E-state index contributed by atoms with van der Waals surface area (Å²) in [6, 6.07) is 7.69. The van der Waals surface area contributed by atoms with E-state index in [1.54, 1.807) is 30.0 Å². The number of aromatic nitrogens is 2. The standard InChI is InChI=1S/C21H24FN5O3/c1-14-12-18(28)20(24-27(14)17-5-3-2-4-16(17)22)21(30)26-10-8-25(9-11-26)13-19(29)23-15-6-7-15/h2-5,12,15H,6-11,13H2,1H3,(H,23,29). The molecular formula is C21H24FN5O3. The van der Waals surface area contributed by atoms with Crippen LogP contribution < -0.4 is 10.7 Å². The normalized spacial score (nSPS) is 17.1. The Kier molecular flexibility index (Phi) is 5.63. The van der Waals surface area contributed by atoms with E-state index < -0.39 is 17.2 Å². The summed E-state index contributed by atoms with van der Waals surface area (Å²) >= 11 is 0. The molecule has 1 aromatic carbocycles. The van der Waals surface area contributed by atoms with Crippen LogP contribution in [0.5, 0.6) is 0 Å². The fraction of sp³-hybridized carbons (Fsp3) is 0.429. The van der Waals surface area contributed by atoms with Crippen LogP contribution in [0.4, 0.5) is 4.39 Å². The first-order chi connectivity index (χ1) is 14.4. The molecule has 1 saturated heterocycles. The van der Waals surface area contributed by atoms with Gasteiger partial charge in [-0.3, -0.25) is 19.3 Å². The maximum Gasteiger partial charge on any atom is 0.278 e. The molecule has 0 bridgehead atoms. The maximum absolute atomic E-state index is 14.2. The van der Waals surface area contributed by atoms with Crippen molar-refractivity contribution in [2.75, 3.05) is 32.7 Å². The third-order valence-electron chi connectivity index (χ3n) is 5.36. The lowest BCUT2D eigenvalue weighted by molar-refractivity contribution is -0.122. The summed E-state index contributed by atoms with van der Waals surface area (Å²) in [7, 11) is 0. The van der Waals surface area contributed by atoms with Gasteiger partial charge in [-0.25, -0.2) is 9.07 Å². The molecule has 0 radical (unpaired) electrons. The fourth-order valence-electron chi connectivity index (χ4n) is 3.53. The van der Waals surface area contributed by atoms with E-state index in [2.05, 4.69) is 10.4 Å². The van der Waals surface area contributed by atoms with Gasteiger partial charge in [0.05, 0.1) is 6.54 Å². The predicted octanol–water partition coefficient (Wildman–Crippen LogP) is 0.716. The van der Waals surface area contributed by atoms with Gasteiger partial charge in [0, 0.05) is 44.0 Å². The van der Waals surface area contributed by atoms with Crippen LogP contribution in [0.3, 0.4) is 0 Å². The Balaban J connectivity index is 1.46. The third kappa shape index (κ3) is 4.40. The summed E-state index contributed by atoms with van der Waals surface area (Å²) < 4.78 is 15.5. The van der Waals surface area contributed by atoms with Gasteiger partial charge in [-0.1, -0.05) is 12.1 Å². The van der Waals surface area contributed by atoms with Crippen molar-refractivity contribution in [3.63, 3.8) is 0 Å². The number of halogens is 1. The van der Waals surface area contributed by atoms with Crippen LogP contribution >= 0.6 is 0 Å². The number of rotatable bonds is 5. The van der Waals surface area contributed by atoms with Crippen molar-refractivity contribution in [1.82, 2.24) is 24.9 Å². The van der Waals surface area contributed by atoms with Crippen LogP contribution in [0.25, 0.3) is 5.69 Å². The first kappa shape index (κ1) is 20.2. The van der Waals surface area contributed by atoms with Crippen molar-refractivity contribution in [3.8, 4) is 5.69 Å². The highest BCUT2D eigenvalue weighted by molar-refractivity contribution is 5.92. The number of nitrogens with zero attached hydrogens (tertiary/aromatic N) is 4. The Bertz CT molecular complexity index is 1030. The van der Waals surface area contributed by atoms with Gasteiger partial charge in [0.25, 0.3) is 5.91 Å². The molecule has 2 aliphatic rings. The second-order valence-corrected chi connectivity index (χ2v) is 7.77. The van der Waals surface area contributed by atoms with Crippen LogP contribution in [-0.2, 0) is 4.79 Å².